The lowest BCUT2D eigenvalue weighted by molar-refractivity contribution is -0.136. The first kappa shape index (κ1) is 19.7. The number of esters is 1. The van der Waals surface area contributed by atoms with Crippen molar-refractivity contribution < 1.29 is 32.0 Å². The van der Waals surface area contributed by atoms with Crippen LogP contribution in [0.1, 0.15) is 18.4 Å². The number of ether oxygens (including phenoxy) is 1. The molecular weight excluding hydrogens is 410 g/mol. The van der Waals surface area contributed by atoms with Gasteiger partial charge in [0, 0.05) is 11.3 Å². The van der Waals surface area contributed by atoms with Crippen LogP contribution in [0.3, 0.4) is 0 Å². The Bertz CT molecular complexity index is 1210. The molecule has 2 heterocycles. The van der Waals surface area contributed by atoms with E-state index in [2.05, 4.69) is 5.32 Å². The van der Waals surface area contributed by atoms with Crippen LogP contribution in [0.5, 0.6) is 5.75 Å². The fourth-order valence-electron chi connectivity index (χ4n) is 3.61. The van der Waals surface area contributed by atoms with Crippen molar-refractivity contribution >= 4 is 22.1 Å². The number of cyclic esters (lactones) is 1. The first-order valence-corrected chi connectivity index (χ1v) is 10.4. The number of hydrogen-bond donors (Lipinski definition) is 2. The summed E-state index contributed by atoms with van der Waals surface area (Å²) in [5.41, 5.74) is 1.08. The standard InChI is InChI=1S/C21H17NO7S/c1-12-17(20(23)24)18(19-15(22-12)11-28-21(19)25)14-9-5-6-10-16(14)29-30(26,27)13-7-3-2-4-8-13/h2-10,18,22H,11H2,1H3,(H,23,24). The molecule has 2 aromatic carbocycles. The Balaban J connectivity index is 1.85. The maximum absolute atomic E-state index is 12.7. The molecule has 2 aliphatic heterocycles. The van der Waals surface area contributed by atoms with Gasteiger partial charge in [0.15, 0.2) is 0 Å². The lowest BCUT2D eigenvalue weighted by Crippen LogP contribution is -2.29. The Morgan fingerprint density at radius 1 is 1.13 bits per heavy atom. The molecule has 1 atom stereocenters. The van der Waals surface area contributed by atoms with Crippen molar-refractivity contribution in [2.24, 2.45) is 0 Å². The smallest absolute Gasteiger partial charge is 0.339 e. The summed E-state index contributed by atoms with van der Waals surface area (Å²) in [6.45, 7) is 1.56. The lowest BCUT2D eigenvalue weighted by Gasteiger charge is -2.27. The van der Waals surface area contributed by atoms with Crippen molar-refractivity contribution in [2.75, 3.05) is 6.61 Å². The second-order valence-corrected chi connectivity index (χ2v) is 8.30. The maximum Gasteiger partial charge on any atom is 0.339 e. The highest BCUT2D eigenvalue weighted by atomic mass is 32.2. The van der Waals surface area contributed by atoms with Crippen molar-refractivity contribution in [3.8, 4) is 5.75 Å². The molecule has 0 spiro atoms. The zero-order chi connectivity index (χ0) is 21.5. The highest BCUT2D eigenvalue weighted by Gasteiger charge is 2.42. The molecule has 30 heavy (non-hydrogen) atoms. The van der Waals surface area contributed by atoms with Crippen LogP contribution in [-0.2, 0) is 24.4 Å². The summed E-state index contributed by atoms with van der Waals surface area (Å²) in [6.07, 6.45) is 0. The summed E-state index contributed by atoms with van der Waals surface area (Å²) in [7, 11) is -4.17. The van der Waals surface area contributed by atoms with Crippen molar-refractivity contribution in [2.45, 2.75) is 17.7 Å². The molecule has 2 aliphatic rings. The van der Waals surface area contributed by atoms with Gasteiger partial charge >= 0.3 is 22.1 Å². The minimum absolute atomic E-state index is 0.0136. The Hall–Kier alpha value is -3.59. The molecule has 8 nitrogen and oxygen atoms in total. The molecular formula is C21H17NO7S. The molecule has 154 valence electrons. The second-order valence-electron chi connectivity index (χ2n) is 6.76. The van der Waals surface area contributed by atoms with E-state index in [0.29, 0.717) is 11.4 Å². The van der Waals surface area contributed by atoms with Gasteiger partial charge in [0.1, 0.15) is 17.3 Å². The Morgan fingerprint density at radius 2 is 1.80 bits per heavy atom. The first-order valence-electron chi connectivity index (χ1n) is 8.99. The van der Waals surface area contributed by atoms with Crippen LogP contribution >= 0.6 is 0 Å². The van der Waals surface area contributed by atoms with E-state index in [0.717, 1.165) is 0 Å². The van der Waals surface area contributed by atoms with Gasteiger partial charge in [-0.25, -0.2) is 9.59 Å². The predicted octanol–water partition coefficient (Wildman–Crippen LogP) is 2.31. The van der Waals surface area contributed by atoms with Gasteiger partial charge in [0.25, 0.3) is 0 Å². The fourth-order valence-corrected chi connectivity index (χ4v) is 4.58. The van der Waals surface area contributed by atoms with Gasteiger partial charge in [-0.1, -0.05) is 36.4 Å². The van der Waals surface area contributed by atoms with Gasteiger partial charge in [0.05, 0.1) is 22.8 Å². The minimum Gasteiger partial charge on any atom is -0.478 e. The molecule has 2 N–H and O–H groups in total. The summed E-state index contributed by atoms with van der Waals surface area (Å²) < 4.78 is 35.9. The van der Waals surface area contributed by atoms with Crippen LogP contribution in [0.25, 0.3) is 0 Å². The van der Waals surface area contributed by atoms with Crippen LogP contribution in [0.2, 0.25) is 0 Å². The van der Waals surface area contributed by atoms with E-state index < -0.39 is 28.0 Å². The summed E-state index contributed by atoms with van der Waals surface area (Å²) in [4.78, 5) is 24.4. The Labute approximate surface area is 172 Å². The first-order chi connectivity index (χ1) is 14.3. The molecule has 1 unspecified atom stereocenters. The zero-order valence-electron chi connectivity index (χ0n) is 15.8. The van der Waals surface area contributed by atoms with E-state index in [1.165, 1.54) is 24.3 Å². The van der Waals surface area contributed by atoms with Crippen molar-refractivity contribution in [3.05, 3.63) is 82.7 Å². The number of carbonyl (C=O) groups is 2. The zero-order valence-corrected chi connectivity index (χ0v) is 16.6. The number of nitrogens with one attached hydrogen (secondary N) is 1. The molecule has 4 rings (SSSR count). The molecule has 0 amide bonds. The third kappa shape index (κ3) is 3.33. The Kier molecular flexibility index (Phi) is 4.83. The molecule has 0 bridgehead atoms. The topological polar surface area (TPSA) is 119 Å². The third-order valence-corrected chi connectivity index (χ3v) is 6.15. The lowest BCUT2D eigenvalue weighted by atomic mass is 9.80. The average molecular weight is 427 g/mol. The number of carboxylic acids is 1. The third-order valence-electron chi connectivity index (χ3n) is 4.90. The highest BCUT2D eigenvalue weighted by molar-refractivity contribution is 7.87. The fraction of sp³-hybridized carbons (Fsp3) is 0.143. The number of para-hydroxylation sites is 1. The molecule has 0 aromatic heterocycles. The van der Waals surface area contributed by atoms with E-state index in [1.54, 1.807) is 37.3 Å². The van der Waals surface area contributed by atoms with Crippen molar-refractivity contribution in [3.63, 3.8) is 0 Å². The number of benzene rings is 2. The van der Waals surface area contributed by atoms with Crippen LogP contribution in [0, 0.1) is 0 Å². The summed E-state index contributed by atoms with van der Waals surface area (Å²) in [5.74, 6) is -3.01. The SMILES string of the molecule is CC1=C(C(=O)O)C(c2ccccc2OS(=O)(=O)c2ccccc2)C2=C(COC2=O)N1. The summed E-state index contributed by atoms with van der Waals surface area (Å²) in [6, 6.07) is 13.7. The van der Waals surface area contributed by atoms with Gasteiger partial charge in [0.2, 0.25) is 0 Å². The number of aliphatic carboxylic acids is 1. The largest absolute Gasteiger partial charge is 0.478 e. The van der Waals surface area contributed by atoms with Crippen LogP contribution in [-0.4, -0.2) is 32.1 Å². The summed E-state index contributed by atoms with van der Waals surface area (Å²) >= 11 is 0. The summed E-state index contributed by atoms with van der Waals surface area (Å²) in [5, 5.41) is 12.7. The minimum atomic E-state index is -4.17. The van der Waals surface area contributed by atoms with Gasteiger partial charge < -0.3 is 19.3 Å². The van der Waals surface area contributed by atoms with Crippen LogP contribution in [0.15, 0.2) is 82.0 Å². The van der Waals surface area contributed by atoms with E-state index in [1.807, 2.05) is 0 Å². The molecule has 0 radical (unpaired) electrons. The molecule has 0 saturated heterocycles. The number of rotatable bonds is 5. The van der Waals surface area contributed by atoms with E-state index in [4.69, 9.17) is 8.92 Å². The van der Waals surface area contributed by atoms with Gasteiger partial charge in [-0.05, 0) is 25.1 Å². The molecule has 0 aliphatic carbocycles. The van der Waals surface area contributed by atoms with E-state index in [9.17, 15) is 23.1 Å². The molecule has 0 fully saturated rings. The number of hydrogen-bond acceptors (Lipinski definition) is 7. The van der Waals surface area contributed by atoms with Gasteiger partial charge in [-0.2, -0.15) is 8.42 Å². The maximum atomic E-state index is 12.7. The van der Waals surface area contributed by atoms with E-state index in [-0.39, 0.29) is 34.0 Å². The van der Waals surface area contributed by atoms with Crippen molar-refractivity contribution in [1.29, 1.82) is 0 Å². The quantitative estimate of drug-likeness (QED) is 0.551. The number of carbonyl (C=O) groups excluding carboxylic acids is 1. The normalized spacial score (nSPS) is 18.6. The second kappa shape index (κ2) is 7.34. The monoisotopic (exact) mass is 427 g/mol. The molecule has 9 heteroatoms. The van der Waals surface area contributed by atoms with Gasteiger partial charge in [-0.15, -0.1) is 0 Å². The predicted molar refractivity (Wildman–Crippen MR) is 105 cm³/mol. The highest BCUT2D eigenvalue weighted by Crippen LogP contribution is 2.44. The Morgan fingerprint density at radius 3 is 2.50 bits per heavy atom. The van der Waals surface area contributed by atoms with Gasteiger partial charge in [-0.3, -0.25) is 0 Å². The van der Waals surface area contributed by atoms with E-state index >= 15 is 0 Å². The number of carboxylic acid groups (broad SMARTS) is 1. The molecule has 2 aromatic rings. The number of allylic oxidation sites excluding steroid dienone is 1. The number of dihydropyridines is 1. The average Bonchev–Trinajstić information content (AvgIpc) is 3.08. The van der Waals surface area contributed by atoms with Crippen LogP contribution in [0.4, 0.5) is 0 Å². The molecule has 0 saturated carbocycles. The van der Waals surface area contributed by atoms with Crippen LogP contribution < -0.4 is 9.50 Å². The van der Waals surface area contributed by atoms with Crippen molar-refractivity contribution in [1.82, 2.24) is 5.32 Å².